The molecule has 0 atom stereocenters. The van der Waals surface area contributed by atoms with Crippen LogP contribution in [0.5, 0.6) is 0 Å². The lowest BCUT2D eigenvalue weighted by Crippen LogP contribution is -3.00. The zero-order valence-corrected chi connectivity index (χ0v) is 24.0. The Morgan fingerprint density at radius 1 is 0.800 bits per heavy atom. The van der Waals surface area contributed by atoms with Crippen LogP contribution in [0.25, 0.3) is 0 Å². The van der Waals surface area contributed by atoms with Crippen molar-refractivity contribution in [3.63, 3.8) is 0 Å². The minimum atomic E-state index is -1.82. The van der Waals surface area contributed by atoms with Crippen LogP contribution in [0.3, 0.4) is 0 Å². The molecule has 182 valence electrons. The first-order valence-corrected chi connectivity index (χ1v) is 14.5. The molecule has 0 aromatic heterocycles. The van der Waals surface area contributed by atoms with Crippen LogP contribution in [0.1, 0.15) is 47.0 Å². The van der Waals surface area contributed by atoms with Crippen LogP contribution in [0.4, 0.5) is 0 Å². The summed E-state index contributed by atoms with van der Waals surface area (Å²) in [5, 5.41) is 4.31. The third kappa shape index (κ3) is 6.14. The maximum atomic E-state index is 2.47. The molecule has 2 heteroatoms. The van der Waals surface area contributed by atoms with E-state index in [0.717, 1.165) is 6.16 Å². The second-order valence-corrected chi connectivity index (χ2v) is 13.7. The quantitative estimate of drug-likeness (QED) is 0.289. The Kier molecular flexibility index (Phi) is 9.51. The normalized spacial score (nSPS) is 16.3. The molecular weight excluding hydrogens is 507 g/mol. The third-order valence-electron chi connectivity index (χ3n) is 7.57. The number of hydrogen-bond acceptors (Lipinski definition) is 0. The zero-order valence-electron chi connectivity index (χ0n) is 21.5. The summed E-state index contributed by atoms with van der Waals surface area (Å²) < 4.78 is 0. The molecule has 0 aliphatic heterocycles. The summed E-state index contributed by atoms with van der Waals surface area (Å²) in [6.07, 6.45) is 12.0. The van der Waals surface area contributed by atoms with Gasteiger partial charge in [-0.25, -0.2) is 0 Å². The fourth-order valence-corrected chi connectivity index (χ4v) is 9.26. The van der Waals surface area contributed by atoms with E-state index in [0.29, 0.717) is 5.41 Å². The van der Waals surface area contributed by atoms with Gasteiger partial charge in [-0.05, 0) is 86.6 Å². The molecular formula is C33H38BrP. The van der Waals surface area contributed by atoms with Crippen molar-refractivity contribution in [2.75, 3.05) is 6.16 Å². The first-order chi connectivity index (χ1) is 16.4. The summed E-state index contributed by atoms with van der Waals surface area (Å²) in [6, 6.07) is 33.4. The topological polar surface area (TPSA) is 0 Å². The first-order valence-electron chi connectivity index (χ1n) is 12.5. The standard InChI is InChI=1S/C33H38P.BrH/c1-27(22-23-29-15-14-25-33(3,4)28(29)2)24-26-34(30-16-8-5-9-17-30,31-18-10-6-11-19-31)32-20-12-7-13-21-32;/h5-13,16-24H,14-15,25-26H2,1-4H3;1H/q+1;/p-1/b23-22+,27-24+;. The highest BCUT2D eigenvalue weighted by atomic mass is 79.9. The van der Waals surface area contributed by atoms with E-state index < -0.39 is 7.26 Å². The van der Waals surface area contributed by atoms with E-state index in [-0.39, 0.29) is 17.0 Å². The molecule has 0 N–H and O–H groups in total. The Morgan fingerprint density at radius 2 is 1.26 bits per heavy atom. The van der Waals surface area contributed by atoms with Crippen LogP contribution in [0, 0.1) is 5.41 Å². The minimum Gasteiger partial charge on any atom is -1.00 e. The summed E-state index contributed by atoms with van der Waals surface area (Å²) in [5.74, 6) is 0. The molecule has 0 bridgehead atoms. The molecule has 0 radical (unpaired) electrons. The van der Waals surface area contributed by atoms with Crippen LogP contribution < -0.4 is 32.9 Å². The SMILES string of the molecule is CC1=C(/C=C/C(C)=C/C[P+](c2ccccc2)(c2ccccc2)c2ccccc2)CCCC1(C)C.[Br-]. The van der Waals surface area contributed by atoms with Crippen molar-refractivity contribution in [2.24, 2.45) is 5.41 Å². The number of hydrogen-bond donors (Lipinski definition) is 0. The van der Waals surface area contributed by atoms with Crippen molar-refractivity contribution in [1.82, 2.24) is 0 Å². The molecule has 1 aliphatic rings. The maximum absolute atomic E-state index is 2.47. The number of benzene rings is 3. The maximum Gasteiger partial charge on any atom is 0.115 e. The van der Waals surface area contributed by atoms with Crippen LogP contribution in [-0.4, -0.2) is 6.16 Å². The number of rotatable bonds is 7. The van der Waals surface area contributed by atoms with Crippen LogP contribution >= 0.6 is 7.26 Å². The predicted octanol–water partition coefficient (Wildman–Crippen LogP) is 5.01. The van der Waals surface area contributed by atoms with Gasteiger partial charge in [-0.1, -0.05) is 91.7 Å². The lowest BCUT2D eigenvalue weighted by Gasteiger charge is -2.32. The van der Waals surface area contributed by atoms with Crippen LogP contribution in [-0.2, 0) is 0 Å². The van der Waals surface area contributed by atoms with Gasteiger partial charge in [0.25, 0.3) is 0 Å². The molecule has 0 unspecified atom stereocenters. The fraction of sp³-hybridized carbons (Fsp3) is 0.273. The summed E-state index contributed by atoms with van der Waals surface area (Å²) in [5.41, 5.74) is 4.75. The fourth-order valence-electron chi connectivity index (χ4n) is 5.13. The van der Waals surface area contributed by atoms with Crippen molar-refractivity contribution in [1.29, 1.82) is 0 Å². The number of allylic oxidation sites excluding steroid dienone is 6. The highest BCUT2D eigenvalue weighted by molar-refractivity contribution is 7.95. The molecule has 0 nitrogen and oxygen atoms in total. The second kappa shape index (κ2) is 12.2. The van der Waals surface area contributed by atoms with Gasteiger partial charge in [0.05, 0.1) is 6.16 Å². The Morgan fingerprint density at radius 3 is 1.71 bits per heavy atom. The van der Waals surface area contributed by atoms with Gasteiger partial charge in [-0.3, -0.25) is 0 Å². The second-order valence-electron chi connectivity index (χ2n) is 10.2. The molecule has 0 saturated carbocycles. The molecule has 3 aromatic rings. The molecule has 0 heterocycles. The Labute approximate surface area is 224 Å². The Bertz CT molecular complexity index is 1070. The lowest BCUT2D eigenvalue weighted by atomic mass is 9.73. The van der Waals surface area contributed by atoms with Gasteiger partial charge in [-0.2, -0.15) is 0 Å². The average Bonchev–Trinajstić information content (AvgIpc) is 2.87. The van der Waals surface area contributed by atoms with Crippen molar-refractivity contribution < 1.29 is 17.0 Å². The largest absolute Gasteiger partial charge is 1.00 e. The molecule has 4 rings (SSSR count). The van der Waals surface area contributed by atoms with Gasteiger partial charge in [0.15, 0.2) is 0 Å². The lowest BCUT2D eigenvalue weighted by molar-refractivity contribution is -0.00000718. The van der Waals surface area contributed by atoms with E-state index in [9.17, 15) is 0 Å². The molecule has 0 saturated heterocycles. The van der Waals surface area contributed by atoms with Gasteiger partial charge in [0.1, 0.15) is 23.2 Å². The third-order valence-corrected chi connectivity index (χ3v) is 11.8. The van der Waals surface area contributed by atoms with E-state index in [1.54, 1.807) is 5.57 Å². The molecule has 0 fully saturated rings. The first kappa shape index (κ1) is 27.4. The van der Waals surface area contributed by atoms with Crippen molar-refractivity contribution in [2.45, 2.75) is 47.0 Å². The van der Waals surface area contributed by atoms with Crippen molar-refractivity contribution in [3.8, 4) is 0 Å². The van der Waals surface area contributed by atoms with E-state index in [1.165, 1.54) is 46.3 Å². The van der Waals surface area contributed by atoms with Crippen molar-refractivity contribution in [3.05, 3.63) is 126 Å². The van der Waals surface area contributed by atoms with Gasteiger partial charge in [0.2, 0.25) is 0 Å². The molecule has 35 heavy (non-hydrogen) atoms. The molecule has 1 aliphatic carbocycles. The van der Waals surface area contributed by atoms with Gasteiger partial charge >= 0.3 is 0 Å². The molecule has 3 aromatic carbocycles. The van der Waals surface area contributed by atoms with Crippen molar-refractivity contribution >= 4 is 23.2 Å². The van der Waals surface area contributed by atoms with Gasteiger partial charge in [0, 0.05) is 0 Å². The van der Waals surface area contributed by atoms with E-state index in [2.05, 4.69) is 137 Å². The summed E-state index contributed by atoms with van der Waals surface area (Å²) in [6.45, 7) is 9.36. The van der Waals surface area contributed by atoms with E-state index in [1.807, 2.05) is 0 Å². The zero-order chi connectivity index (χ0) is 24.0. The smallest absolute Gasteiger partial charge is 0.115 e. The Hall–Kier alpha value is -2.21. The van der Waals surface area contributed by atoms with Gasteiger partial charge in [-0.15, -0.1) is 0 Å². The highest BCUT2D eigenvalue weighted by Crippen LogP contribution is 2.55. The predicted molar refractivity (Wildman–Crippen MR) is 153 cm³/mol. The van der Waals surface area contributed by atoms with Crippen LogP contribution in [0.2, 0.25) is 0 Å². The highest BCUT2D eigenvalue weighted by Gasteiger charge is 2.44. The molecule has 0 amide bonds. The Balaban J connectivity index is 0.00000342. The van der Waals surface area contributed by atoms with Crippen LogP contribution in [0.15, 0.2) is 126 Å². The van der Waals surface area contributed by atoms with E-state index in [4.69, 9.17) is 0 Å². The summed E-state index contributed by atoms with van der Waals surface area (Å²) in [7, 11) is -1.82. The van der Waals surface area contributed by atoms with Gasteiger partial charge < -0.3 is 17.0 Å². The minimum absolute atomic E-state index is 0. The van der Waals surface area contributed by atoms with E-state index >= 15 is 0 Å². The summed E-state index contributed by atoms with van der Waals surface area (Å²) in [4.78, 5) is 0. The monoisotopic (exact) mass is 544 g/mol. The summed E-state index contributed by atoms with van der Waals surface area (Å²) >= 11 is 0. The molecule has 0 spiro atoms. The average molecular weight is 546 g/mol. The number of halogens is 1.